The van der Waals surface area contributed by atoms with Crippen LogP contribution in [0.25, 0.3) is 0 Å². The van der Waals surface area contributed by atoms with Gasteiger partial charge in [0, 0.05) is 54.5 Å². The van der Waals surface area contributed by atoms with Crippen LogP contribution in [0.4, 0.5) is 0 Å². The molecule has 0 aromatic carbocycles. The number of nitrogens with one attached hydrogen (secondary N) is 2. The zero-order valence-electron chi connectivity index (χ0n) is 22.0. The van der Waals surface area contributed by atoms with E-state index in [1.165, 1.54) is 10.6 Å². The Morgan fingerprint density at radius 2 is 1.94 bits per heavy atom. The van der Waals surface area contributed by atoms with Crippen molar-refractivity contribution in [3.63, 3.8) is 0 Å². The molecule has 3 rings (SSSR count). The minimum absolute atomic E-state index is 0.00158. The van der Waals surface area contributed by atoms with E-state index in [4.69, 9.17) is 0 Å². The SMILES string of the molecule is C=C(CC(C)n1c(C)nnc1C(C)C)NCCC(NC(=O)C1CCN(S(C)(=O)=O)CC1)c1cccs1. The van der Waals surface area contributed by atoms with Crippen molar-refractivity contribution in [3.8, 4) is 0 Å². The highest BCUT2D eigenvalue weighted by Gasteiger charge is 2.30. The summed E-state index contributed by atoms with van der Waals surface area (Å²) in [5.41, 5.74) is 0.940. The number of hydrogen-bond donors (Lipinski definition) is 2. The first kappa shape index (κ1) is 28.3. The normalized spacial score (nSPS) is 17.2. The van der Waals surface area contributed by atoms with Gasteiger partial charge in [-0.25, -0.2) is 12.7 Å². The van der Waals surface area contributed by atoms with Crippen LogP contribution in [0.15, 0.2) is 29.8 Å². The Morgan fingerprint density at radius 1 is 1.25 bits per heavy atom. The largest absolute Gasteiger partial charge is 0.389 e. The molecule has 2 unspecified atom stereocenters. The second kappa shape index (κ2) is 12.3. The number of aryl methyl sites for hydroxylation is 1. The number of thiophene rings is 1. The average molecular weight is 537 g/mol. The van der Waals surface area contributed by atoms with Crippen LogP contribution >= 0.6 is 11.3 Å². The van der Waals surface area contributed by atoms with Gasteiger partial charge in [0.15, 0.2) is 0 Å². The second-order valence-electron chi connectivity index (χ2n) is 10.0. The number of nitrogens with zero attached hydrogens (tertiary/aromatic N) is 4. The summed E-state index contributed by atoms with van der Waals surface area (Å²) in [6.45, 7) is 14.1. The fourth-order valence-corrected chi connectivity index (χ4v) is 6.44. The van der Waals surface area contributed by atoms with Gasteiger partial charge in [-0.15, -0.1) is 21.5 Å². The molecule has 1 saturated heterocycles. The molecule has 2 aromatic heterocycles. The topological polar surface area (TPSA) is 109 Å². The first-order chi connectivity index (χ1) is 17.0. The number of hydrogen-bond acceptors (Lipinski definition) is 7. The summed E-state index contributed by atoms with van der Waals surface area (Å²) >= 11 is 1.63. The predicted molar refractivity (Wildman–Crippen MR) is 144 cm³/mol. The first-order valence-electron chi connectivity index (χ1n) is 12.6. The van der Waals surface area contributed by atoms with Gasteiger partial charge in [0.2, 0.25) is 15.9 Å². The Labute approximate surface area is 219 Å². The molecule has 2 aromatic rings. The first-order valence-corrected chi connectivity index (χ1v) is 15.3. The van der Waals surface area contributed by atoms with Crippen LogP contribution in [0.5, 0.6) is 0 Å². The molecule has 0 bridgehead atoms. The molecule has 3 heterocycles. The third kappa shape index (κ3) is 7.39. The minimum atomic E-state index is -3.21. The average Bonchev–Trinajstić information content (AvgIpc) is 3.48. The predicted octanol–water partition coefficient (Wildman–Crippen LogP) is 3.75. The van der Waals surface area contributed by atoms with E-state index in [1.807, 2.05) is 24.4 Å². The number of amides is 1. The summed E-state index contributed by atoms with van der Waals surface area (Å²) in [6.07, 6.45) is 3.80. The molecule has 200 valence electrons. The van der Waals surface area contributed by atoms with E-state index in [2.05, 4.69) is 52.7 Å². The van der Waals surface area contributed by atoms with Crippen LogP contribution < -0.4 is 10.6 Å². The summed E-state index contributed by atoms with van der Waals surface area (Å²) in [7, 11) is -3.21. The maximum absolute atomic E-state index is 13.0. The Kier molecular flexibility index (Phi) is 9.71. The lowest BCUT2D eigenvalue weighted by molar-refractivity contribution is -0.126. The third-order valence-corrected chi connectivity index (χ3v) is 8.99. The Morgan fingerprint density at radius 3 is 2.53 bits per heavy atom. The highest BCUT2D eigenvalue weighted by Crippen LogP contribution is 2.26. The van der Waals surface area contributed by atoms with Crippen molar-refractivity contribution in [2.45, 2.75) is 71.4 Å². The van der Waals surface area contributed by atoms with Crippen molar-refractivity contribution in [2.75, 3.05) is 25.9 Å². The van der Waals surface area contributed by atoms with Crippen molar-refractivity contribution in [1.82, 2.24) is 29.7 Å². The van der Waals surface area contributed by atoms with Gasteiger partial charge in [-0.2, -0.15) is 0 Å². The molecule has 0 saturated carbocycles. The van der Waals surface area contributed by atoms with Crippen molar-refractivity contribution >= 4 is 27.3 Å². The molecular formula is C25H40N6O3S2. The highest BCUT2D eigenvalue weighted by atomic mass is 32.2. The van der Waals surface area contributed by atoms with Gasteiger partial charge in [-0.05, 0) is 44.6 Å². The van der Waals surface area contributed by atoms with E-state index in [9.17, 15) is 13.2 Å². The molecule has 1 amide bonds. The summed E-state index contributed by atoms with van der Waals surface area (Å²) in [5, 5.41) is 17.3. The molecule has 36 heavy (non-hydrogen) atoms. The van der Waals surface area contributed by atoms with Gasteiger partial charge in [0.05, 0.1) is 12.3 Å². The van der Waals surface area contributed by atoms with Crippen LogP contribution in [-0.4, -0.2) is 59.3 Å². The number of sulfonamides is 1. The zero-order valence-corrected chi connectivity index (χ0v) is 23.7. The Bertz CT molecular complexity index is 1120. The number of aromatic nitrogens is 3. The third-order valence-electron chi connectivity index (χ3n) is 6.70. The molecule has 0 spiro atoms. The van der Waals surface area contributed by atoms with Gasteiger partial charge in [-0.3, -0.25) is 4.79 Å². The number of rotatable bonds is 12. The van der Waals surface area contributed by atoms with E-state index in [0.717, 1.165) is 35.1 Å². The van der Waals surface area contributed by atoms with Crippen LogP contribution in [0.3, 0.4) is 0 Å². The van der Waals surface area contributed by atoms with Gasteiger partial charge in [0.1, 0.15) is 11.6 Å². The number of carbonyl (C=O) groups is 1. The monoisotopic (exact) mass is 536 g/mol. The van der Waals surface area contributed by atoms with Crippen LogP contribution in [0, 0.1) is 12.8 Å². The van der Waals surface area contributed by atoms with E-state index in [-0.39, 0.29) is 23.9 Å². The van der Waals surface area contributed by atoms with Crippen LogP contribution in [0.2, 0.25) is 0 Å². The Hall–Kier alpha value is -2.24. The summed E-state index contributed by atoms with van der Waals surface area (Å²) < 4.78 is 27.2. The molecule has 0 radical (unpaired) electrons. The van der Waals surface area contributed by atoms with E-state index in [0.29, 0.717) is 38.4 Å². The molecular weight excluding hydrogens is 496 g/mol. The van der Waals surface area contributed by atoms with Gasteiger partial charge in [-0.1, -0.05) is 26.5 Å². The molecule has 11 heteroatoms. The minimum Gasteiger partial charge on any atom is -0.389 e. The molecule has 0 aliphatic carbocycles. The lowest BCUT2D eigenvalue weighted by atomic mass is 9.96. The van der Waals surface area contributed by atoms with E-state index in [1.54, 1.807) is 11.3 Å². The lowest BCUT2D eigenvalue weighted by Gasteiger charge is -2.30. The number of allylic oxidation sites excluding steroid dienone is 1. The quantitative estimate of drug-likeness (QED) is 0.428. The molecule has 1 fully saturated rings. The number of carbonyl (C=O) groups excluding carboxylic acids is 1. The van der Waals surface area contributed by atoms with Crippen molar-refractivity contribution in [3.05, 3.63) is 46.3 Å². The smallest absolute Gasteiger partial charge is 0.223 e. The van der Waals surface area contributed by atoms with E-state index < -0.39 is 10.0 Å². The molecule has 1 aliphatic heterocycles. The lowest BCUT2D eigenvalue weighted by Crippen LogP contribution is -2.43. The maximum Gasteiger partial charge on any atom is 0.223 e. The summed E-state index contributed by atoms with van der Waals surface area (Å²) in [6, 6.07) is 4.12. The van der Waals surface area contributed by atoms with Crippen molar-refractivity contribution < 1.29 is 13.2 Å². The van der Waals surface area contributed by atoms with Crippen LogP contribution in [-0.2, 0) is 14.8 Å². The van der Waals surface area contributed by atoms with Crippen molar-refractivity contribution in [2.24, 2.45) is 5.92 Å². The molecule has 2 N–H and O–H groups in total. The second-order valence-corrected chi connectivity index (χ2v) is 13.0. The van der Waals surface area contributed by atoms with E-state index >= 15 is 0 Å². The standard InChI is InChI=1S/C25H40N6O3S2/c1-17(2)24-29-28-20(5)31(24)19(4)16-18(3)26-12-9-22(23-8-7-15-35-23)27-25(32)21-10-13-30(14-11-21)36(6,33)34/h7-8,15,17,19,21-22,26H,3,9-14,16H2,1-2,4-6H3,(H,27,32). The highest BCUT2D eigenvalue weighted by molar-refractivity contribution is 7.88. The molecule has 9 nitrogen and oxygen atoms in total. The van der Waals surface area contributed by atoms with Gasteiger partial charge >= 0.3 is 0 Å². The Balaban J connectivity index is 1.52. The zero-order chi connectivity index (χ0) is 26.5. The maximum atomic E-state index is 13.0. The summed E-state index contributed by atoms with van der Waals surface area (Å²) in [4.78, 5) is 14.1. The fraction of sp³-hybridized carbons (Fsp3) is 0.640. The van der Waals surface area contributed by atoms with Gasteiger partial charge < -0.3 is 15.2 Å². The molecule has 1 aliphatic rings. The fourth-order valence-electron chi connectivity index (χ4n) is 4.75. The molecule has 2 atom stereocenters. The van der Waals surface area contributed by atoms with Crippen molar-refractivity contribution in [1.29, 1.82) is 0 Å². The van der Waals surface area contributed by atoms with Gasteiger partial charge in [0.25, 0.3) is 0 Å². The number of piperidine rings is 1. The summed E-state index contributed by atoms with van der Waals surface area (Å²) in [5.74, 6) is 2.01. The van der Waals surface area contributed by atoms with Crippen LogP contribution in [0.1, 0.15) is 81.0 Å².